The predicted octanol–water partition coefficient (Wildman–Crippen LogP) is 3.80. The van der Waals surface area contributed by atoms with Crippen molar-refractivity contribution in [1.29, 1.82) is 0 Å². The van der Waals surface area contributed by atoms with Gasteiger partial charge in [0.05, 0.1) is 18.6 Å². The minimum Gasteiger partial charge on any atom is -0.465 e. The number of ether oxygens (including phenoxy) is 3. The normalized spacial score (nSPS) is 11.1. The monoisotopic (exact) mass is 328 g/mol. The number of hydrogen-bond donors (Lipinski definition) is 0. The summed E-state index contributed by atoms with van der Waals surface area (Å²) in [6.07, 6.45) is 6.64. The Bertz CT molecular complexity index is 374. The van der Waals surface area contributed by atoms with Crippen LogP contribution in [0.5, 0.6) is 0 Å². The Labute approximate surface area is 140 Å². The van der Waals surface area contributed by atoms with Crippen LogP contribution in [0.25, 0.3) is 0 Å². The quantitative estimate of drug-likeness (QED) is 0.292. The molecule has 0 atom stereocenters. The summed E-state index contributed by atoms with van der Waals surface area (Å²) < 4.78 is 15.3. The number of carbonyl (C=O) groups excluding carboxylic acids is 2. The summed E-state index contributed by atoms with van der Waals surface area (Å²) >= 11 is 0. The van der Waals surface area contributed by atoms with Crippen LogP contribution in [0.3, 0.4) is 0 Å². The minimum absolute atomic E-state index is 0.102. The average Bonchev–Trinajstić information content (AvgIpc) is 2.51. The maximum Gasteiger partial charge on any atom is 0.334 e. The molecule has 0 aliphatic heterocycles. The van der Waals surface area contributed by atoms with Crippen LogP contribution in [0.1, 0.15) is 65.7 Å². The van der Waals surface area contributed by atoms with Crippen LogP contribution in [0, 0.1) is 0 Å². The highest BCUT2D eigenvalue weighted by Gasteiger charge is 2.21. The standard InChI is InChI=1S/C18H32O5/c1-6-7-8-9-10-11-12-22-16(19)13-15(2)17(20)23-14-18(3,4)21-5/h2,6-14H2,1,3-5H3. The Morgan fingerprint density at radius 2 is 1.61 bits per heavy atom. The summed E-state index contributed by atoms with van der Waals surface area (Å²) in [4.78, 5) is 23.4. The largest absolute Gasteiger partial charge is 0.465 e. The molecule has 0 rings (SSSR count). The summed E-state index contributed by atoms with van der Waals surface area (Å²) in [5, 5.41) is 0. The number of rotatable bonds is 13. The molecule has 0 N–H and O–H groups in total. The zero-order chi connectivity index (χ0) is 17.7. The molecule has 0 amide bonds. The van der Waals surface area contributed by atoms with Gasteiger partial charge >= 0.3 is 11.9 Å². The van der Waals surface area contributed by atoms with Gasteiger partial charge in [-0.1, -0.05) is 45.6 Å². The highest BCUT2D eigenvalue weighted by atomic mass is 16.6. The van der Waals surface area contributed by atoms with E-state index >= 15 is 0 Å². The average molecular weight is 328 g/mol. The van der Waals surface area contributed by atoms with Crippen LogP contribution in [0.4, 0.5) is 0 Å². The second-order valence-corrected chi connectivity index (χ2v) is 6.31. The molecule has 0 aromatic heterocycles. The molecule has 23 heavy (non-hydrogen) atoms. The Balaban J connectivity index is 3.80. The van der Waals surface area contributed by atoms with Gasteiger partial charge in [0, 0.05) is 12.7 Å². The van der Waals surface area contributed by atoms with E-state index < -0.39 is 17.5 Å². The summed E-state index contributed by atoms with van der Waals surface area (Å²) in [6, 6.07) is 0. The van der Waals surface area contributed by atoms with Gasteiger partial charge in [0.2, 0.25) is 0 Å². The molecule has 0 saturated heterocycles. The highest BCUT2D eigenvalue weighted by molar-refractivity contribution is 5.93. The molecule has 0 aliphatic carbocycles. The van der Waals surface area contributed by atoms with Gasteiger partial charge in [-0.2, -0.15) is 0 Å². The lowest BCUT2D eigenvalue weighted by molar-refractivity contribution is -0.150. The number of hydrogen-bond acceptors (Lipinski definition) is 5. The third-order valence-corrected chi connectivity index (χ3v) is 3.51. The van der Waals surface area contributed by atoms with E-state index in [2.05, 4.69) is 13.5 Å². The fourth-order valence-corrected chi connectivity index (χ4v) is 1.77. The van der Waals surface area contributed by atoms with Crippen molar-refractivity contribution in [3.8, 4) is 0 Å². The number of unbranched alkanes of at least 4 members (excludes halogenated alkanes) is 5. The van der Waals surface area contributed by atoms with Crippen molar-refractivity contribution >= 4 is 11.9 Å². The molecule has 0 unspecified atom stereocenters. The van der Waals surface area contributed by atoms with Crippen LogP contribution in [-0.4, -0.2) is 37.9 Å². The number of esters is 2. The van der Waals surface area contributed by atoms with Crippen molar-refractivity contribution in [1.82, 2.24) is 0 Å². The fourth-order valence-electron chi connectivity index (χ4n) is 1.77. The summed E-state index contributed by atoms with van der Waals surface area (Å²) in [5.41, 5.74) is -0.460. The van der Waals surface area contributed by atoms with E-state index in [-0.39, 0.29) is 18.6 Å². The molecule has 0 fully saturated rings. The summed E-state index contributed by atoms with van der Waals surface area (Å²) in [6.45, 7) is 9.86. The molecule has 5 heteroatoms. The lowest BCUT2D eigenvalue weighted by atomic mass is 10.1. The van der Waals surface area contributed by atoms with Crippen molar-refractivity contribution in [2.24, 2.45) is 0 Å². The third kappa shape index (κ3) is 11.8. The Hall–Kier alpha value is -1.36. The highest BCUT2D eigenvalue weighted by Crippen LogP contribution is 2.11. The van der Waals surface area contributed by atoms with Crippen LogP contribution >= 0.6 is 0 Å². The van der Waals surface area contributed by atoms with Crippen LogP contribution in [-0.2, 0) is 23.8 Å². The van der Waals surface area contributed by atoms with E-state index in [1.165, 1.54) is 25.7 Å². The molecular formula is C18H32O5. The molecule has 0 radical (unpaired) electrons. The third-order valence-electron chi connectivity index (χ3n) is 3.51. The molecule has 134 valence electrons. The SMILES string of the molecule is C=C(CC(=O)OCCCCCCCC)C(=O)OCC(C)(C)OC. The first kappa shape index (κ1) is 21.6. The Morgan fingerprint density at radius 3 is 2.22 bits per heavy atom. The van der Waals surface area contributed by atoms with E-state index in [0.717, 1.165) is 12.8 Å². The predicted molar refractivity (Wildman–Crippen MR) is 90.1 cm³/mol. The van der Waals surface area contributed by atoms with Gasteiger partial charge in [-0.25, -0.2) is 4.79 Å². The minimum atomic E-state index is -0.591. The summed E-state index contributed by atoms with van der Waals surface area (Å²) in [5.74, 6) is -1.03. The van der Waals surface area contributed by atoms with Crippen molar-refractivity contribution < 1.29 is 23.8 Å². The van der Waals surface area contributed by atoms with Crippen LogP contribution < -0.4 is 0 Å². The first-order valence-electron chi connectivity index (χ1n) is 8.38. The van der Waals surface area contributed by atoms with E-state index in [4.69, 9.17) is 14.2 Å². The first-order valence-corrected chi connectivity index (χ1v) is 8.38. The van der Waals surface area contributed by atoms with E-state index in [9.17, 15) is 9.59 Å². The van der Waals surface area contributed by atoms with Gasteiger partial charge in [0.15, 0.2) is 0 Å². The molecule has 0 saturated carbocycles. The maximum absolute atomic E-state index is 11.7. The van der Waals surface area contributed by atoms with E-state index in [0.29, 0.717) is 6.61 Å². The molecule has 0 bridgehead atoms. The van der Waals surface area contributed by atoms with Gasteiger partial charge in [-0.05, 0) is 20.3 Å². The molecular weight excluding hydrogens is 296 g/mol. The van der Waals surface area contributed by atoms with Gasteiger partial charge in [0.1, 0.15) is 6.61 Å². The smallest absolute Gasteiger partial charge is 0.334 e. The lowest BCUT2D eigenvalue weighted by Crippen LogP contribution is -2.31. The fraction of sp³-hybridized carbons (Fsp3) is 0.778. The van der Waals surface area contributed by atoms with Gasteiger partial charge in [0.25, 0.3) is 0 Å². The van der Waals surface area contributed by atoms with Crippen LogP contribution in [0.15, 0.2) is 12.2 Å². The van der Waals surface area contributed by atoms with Crippen molar-refractivity contribution in [2.45, 2.75) is 71.3 Å². The zero-order valence-electron chi connectivity index (χ0n) is 15.1. The van der Waals surface area contributed by atoms with Crippen molar-refractivity contribution in [2.75, 3.05) is 20.3 Å². The van der Waals surface area contributed by atoms with Gasteiger partial charge < -0.3 is 14.2 Å². The second-order valence-electron chi connectivity index (χ2n) is 6.31. The summed E-state index contributed by atoms with van der Waals surface area (Å²) in [7, 11) is 1.54. The van der Waals surface area contributed by atoms with E-state index in [1.54, 1.807) is 21.0 Å². The van der Waals surface area contributed by atoms with Gasteiger partial charge in [-0.15, -0.1) is 0 Å². The molecule has 0 aliphatic rings. The van der Waals surface area contributed by atoms with Crippen LogP contribution in [0.2, 0.25) is 0 Å². The lowest BCUT2D eigenvalue weighted by Gasteiger charge is -2.22. The molecule has 0 heterocycles. The molecule has 0 spiro atoms. The molecule has 5 nitrogen and oxygen atoms in total. The molecule has 0 aromatic rings. The van der Waals surface area contributed by atoms with Crippen molar-refractivity contribution in [3.05, 3.63) is 12.2 Å². The zero-order valence-corrected chi connectivity index (χ0v) is 15.1. The first-order chi connectivity index (χ1) is 10.8. The topological polar surface area (TPSA) is 61.8 Å². The number of methoxy groups -OCH3 is 1. The van der Waals surface area contributed by atoms with E-state index in [1.807, 2.05) is 0 Å². The Kier molecular flexibility index (Phi) is 11.4. The Morgan fingerprint density at radius 1 is 1.00 bits per heavy atom. The molecule has 0 aromatic carbocycles. The maximum atomic E-state index is 11.7. The second kappa shape index (κ2) is 12.1. The number of carbonyl (C=O) groups is 2. The van der Waals surface area contributed by atoms with Crippen molar-refractivity contribution in [3.63, 3.8) is 0 Å². The van der Waals surface area contributed by atoms with Gasteiger partial charge in [-0.3, -0.25) is 4.79 Å².